The average molecular weight is 381 g/mol. The van der Waals surface area contributed by atoms with Gasteiger partial charge in [0.05, 0.1) is 0 Å². The van der Waals surface area contributed by atoms with E-state index in [2.05, 4.69) is 97.0 Å². The van der Waals surface area contributed by atoms with E-state index in [4.69, 9.17) is 1.37 Å². The summed E-state index contributed by atoms with van der Waals surface area (Å²) >= 11 is 0. The average Bonchev–Trinajstić information content (AvgIpc) is 2.96. The molecular formula is C27H27N2+. The minimum atomic E-state index is -0.599. The van der Waals surface area contributed by atoms with E-state index in [9.17, 15) is 0 Å². The van der Waals surface area contributed by atoms with Crippen molar-refractivity contribution in [1.29, 1.82) is 0 Å². The highest BCUT2D eigenvalue weighted by molar-refractivity contribution is 6.12. The largest absolute Gasteiger partial charge is 0.339 e. The molecular weight excluding hydrogens is 352 g/mol. The van der Waals surface area contributed by atoms with E-state index in [1.807, 2.05) is 13.8 Å². The quantitative estimate of drug-likeness (QED) is 0.313. The molecule has 0 spiro atoms. The molecule has 0 atom stereocenters. The Morgan fingerprint density at radius 1 is 0.897 bits per heavy atom. The summed E-state index contributed by atoms with van der Waals surface area (Å²) in [6, 6.07) is 21.9. The fraction of sp³-hybridized carbons (Fsp3) is 0.222. The van der Waals surface area contributed by atoms with E-state index in [1.165, 1.54) is 49.4 Å². The van der Waals surface area contributed by atoms with Gasteiger partial charge in [0.25, 0.3) is 0 Å². The Hall–Kier alpha value is -3.13. The van der Waals surface area contributed by atoms with E-state index in [0.717, 1.165) is 5.56 Å². The third kappa shape index (κ3) is 2.74. The zero-order chi connectivity index (χ0) is 21.2. The van der Waals surface area contributed by atoms with Gasteiger partial charge in [-0.2, -0.15) is 4.57 Å². The van der Waals surface area contributed by atoms with Crippen LogP contribution in [0.25, 0.3) is 43.8 Å². The molecule has 2 heteroatoms. The Kier molecular flexibility index (Phi) is 3.73. The molecule has 144 valence electrons. The number of aromatic nitrogens is 2. The maximum absolute atomic E-state index is 8.38. The van der Waals surface area contributed by atoms with Gasteiger partial charge in [-0.15, -0.1) is 0 Å². The molecule has 0 fully saturated rings. The highest BCUT2D eigenvalue weighted by atomic mass is 15.0. The van der Waals surface area contributed by atoms with Gasteiger partial charge in [0.1, 0.15) is 12.6 Å². The molecule has 29 heavy (non-hydrogen) atoms. The minimum absolute atomic E-state index is 0.599. The molecule has 3 aromatic carbocycles. The van der Waals surface area contributed by atoms with Crippen LogP contribution in [0.1, 0.15) is 32.2 Å². The van der Waals surface area contributed by atoms with Crippen molar-refractivity contribution in [3.63, 3.8) is 0 Å². The zero-order valence-electron chi connectivity index (χ0n) is 18.7. The summed E-state index contributed by atoms with van der Waals surface area (Å²) in [5, 5.41) is 4.95. The van der Waals surface area contributed by atoms with Gasteiger partial charge in [-0.05, 0) is 52.9 Å². The molecule has 2 nitrogen and oxygen atoms in total. The van der Waals surface area contributed by atoms with Crippen LogP contribution in [0.3, 0.4) is 0 Å². The predicted molar refractivity (Wildman–Crippen MR) is 123 cm³/mol. The van der Waals surface area contributed by atoms with Crippen LogP contribution in [0.5, 0.6) is 0 Å². The molecule has 2 aromatic heterocycles. The third-order valence-electron chi connectivity index (χ3n) is 6.22. The normalized spacial score (nSPS) is 12.8. The van der Waals surface area contributed by atoms with E-state index in [1.54, 1.807) is 0 Å². The van der Waals surface area contributed by atoms with Gasteiger partial charge < -0.3 is 4.57 Å². The van der Waals surface area contributed by atoms with Gasteiger partial charge >= 0.3 is 0 Å². The highest BCUT2D eigenvalue weighted by Gasteiger charge is 2.18. The molecule has 0 saturated heterocycles. The van der Waals surface area contributed by atoms with E-state index < -0.39 is 5.89 Å². The molecule has 2 heterocycles. The van der Waals surface area contributed by atoms with Crippen molar-refractivity contribution < 1.29 is 5.94 Å². The second-order valence-electron chi connectivity index (χ2n) is 8.37. The monoisotopic (exact) mass is 380 g/mol. The van der Waals surface area contributed by atoms with Crippen LogP contribution in [0.15, 0.2) is 66.9 Å². The first-order valence-corrected chi connectivity index (χ1v) is 10.2. The summed E-state index contributed by atoms with van der Waals surface area (Å²) in [6.45, 7) is 6.05. The number of aryl methyl sites for hydroxylation is 3. The standard InChI is InChI=1S/C27H27N2/c1-17(2)19-10-11-20-13-23-24-15-25(22-9-7-6-8-18(22)3)28(4)16-27(24)29(5)26(23)14-21(20)12-19/h6-17H,1-5H3/q+1/i17D. The molecule has 0 amide bonds. The van der Waals surface area contributed by atoms with Crippen LogP contribution < -0.4 is 4.57 Å². The lowest BCUT2D eigenvalue weighted by molar-refractivity contribution is -0.659. The molecule has 0 aliphatic rings. The van der Waals surface area contributed by atoms with Crippen molar-refractivity contribution in [3.05, 3.63) is 78.0 Å². The summed E-state index contributed by atoms with van der Waals surface area (Å²) in [6.07, 6.45) is 2.24. The lowest BCUT2D eigenvalue weighted by Gasteiger charge is -2.07. The molecule has 0 radical (unpaired) electrons. The molecule has 0 unspecified atom stereocenters. The van der Waals surface area contributed by atoms with Crippen LogP contribution >= 0.6 is 0 Å². The molecule has 5 rings (SSSR count). The Balaban J connectivity index is 1.83. The topological polar surface area (TPSA) is 8.81 Å². The minimum Gasteiger partial charge on any atom is -0.339 e. The number of benzene rings is 3. The zero-order valence-corrected chi connectivity index (χ0v) is 17.7. The van der Waals surface area contributed by atoms with Gasteiger partial charge in [0, 0.05) is 36.3 Å². The summed E-state index contributed by atoms with van der Waals surface area (Å²) in [4.78, 5) is 0. The maximum Gasteiger partial charge on any atom is 0.213 e. The molecule has 0 N–H and O–H groups in total. The molecule has 0 aliphatic heterocycles. The fourth-order valence-electron chi connectivity index (χ4n) is 4.47. The van der Waals surface area contributed by atoms with Crippen molar-refractivity contribution >= 4 is 32.6 Å². The summed E-state index contributed by atoms with van der Waals surface area (Å²) in [5.41, 5.74) is 7.26. The van der Waals surface area contributed by atoms with Crippen LogP contribution in [-0.4, -0.2) is 4.57 Å². The van der Waals surface area contributed by atoms with E-state index >= 15 is 0 Å². The Morgan fingerprint density at radius 2 is 1.66 bits per heavy atom. The van der Waals surface area contributed by atoms with Crippen molar-refractivity contribution in [3.8, 4) is 11.3 Å². The van der Waals surface area contributed by atoms with Gasteiger partial charge in [-0.1, -0.05) is 50.2 Å². The van der Waals surface area contributed by atoms with Gasteiger partial charge in [0.2, 0.25) is 5.69 Å². The van der Waals surface area contributed by atoms with Gasteiger partial charge in [-0.25, -0.2) is 0 Å². The van der Waals surface area contributed by atoms with Gasteiger partial charge in [-0.3, -0.25) is 0 Å². The maximum atomic E-state index is 8.38. The first-order valence-electron chi connectivity index (χ1n) is 10.7. The van der Waals surface area contributed by atoms with Crippen LogP contribution in [-0.2, 0) is 14.1 Å². The number of fused-ring (bicyclic) bond motifs is 4. The van der Waals surface area contributed by atoms with Crippen molar-refractivity contribution in [2.24, 2.45) is 14.1 Å². The molecule has 5 aromatic rings. The lowest BCUT2D eigenvalue weighted by atomic mass is 9.98. The number of nitrogens with zero attached hydrogens (tertiary/aromatic N) is 2. The summed E-state index contributed by atoms with van der Waals surface area (Å²) < 4.78 is 12.9. The number of pyridine rings is 1. The van der Waals surface area contributed by atoms with Crippen molar-refractivity contribution in [2.45, 2.75) is 26.7 Å². The molecule has 0 saturated carbocycles. The first-order chi connectivity index (χ1) is 14.2. The Morgan fingerprint density at radius 3 is 2.41 bits per heavy atom. The first kappa shape index (κ1) is 16.8. The lowest BCUT2D eigenvalue weighted by Crippen LogP contribution is -2.30. The molecule has 0 aliphatic carbocycles. The van der Waals surface area contributed by atoms with Crippen molar-refractivity contribution in [1.82, 2.24) is 4.57 Å². The third-order valence-corrected chi connectivity index (χ3v) is 6.22. The Bertz CT molecular complexity index is 1450. The second kappa shape index (κ2) is 6.45. The molecule has 0 bridgehead atoms. The summed E-state index contributed by atoms with van der Waals surface area (Å²) in [5.74, 6) is -0.599. The number of rotatable bonds is 2. The summed E-state index contributed by atoms with van der Waals surface area (Å²) in [7, 11) is 4.26. The Labute approximate surface area is 173 Å². The van der Waals surface area contributed by atoms with E-state index in [-0.39, 0.29) is 0 Å². The van der Waals surface area contributed by atoms with Gasteiger partial charge in [0.15, 0.2) is 6.20 Å². The van der Waals surface area contributed by atoms with Crippen molar-refractivity contribution in [2.75, 3.05) is 0 Å². The fourth-order valence-corrected chi connectivity index (χ4v) is 4.47. The van der Waals surface area contributed by atoms with Crippen LogP contribution in [0.2, 0.25) is 0 Å². The van der Waals surface area contributed by atoms with Crippen LogP contribution in [0, 0.1) is 6.92 Å². The second-order valence-corrected chi connectivity index (χ2v) is 8.37. The number of hydrogen-bond donors (Lipinski definition) is 0. The smallest absolute Gasteiger partial charge is 0.213 e. The predicted octanol–water partition coefficient (Wildman–Crippen LogP) is 6.41. The number of hydrogen-bond acceptors (Lipinski definition) is 0. The highest BCUT2D eigenvalue weighted by Crippen LogP contribution is 2.34. The van der Waals surface area contributed by atoms with E-state index in [0.29, 0.717) is 0 Å². The SMILES string of the molecule is [2H]C(C)(C)c1ccc2cc3c4cc(-c5ccccc5C)[n+](C)cc4n(C)c3cc2c1. The van der Waals surface area contributed by atoms with Crippen LogP contribution in [0.4, 0.5) is 0 Å².